The second-order valence-electron chi connectivity index (χ2n) is 5.68. The number of pyridine rings is 1. The maximum Gasteiger partial charge on any atom is 0.229 e. The Morgan fingerprint density at radius 2 is 1.85 bits per heavy atom. The number of anilines is 1. The number of aromatic nitrogens is 5. The van der Waals surface area contributed by atoms with Crippen LogP contribution in [0.2, 0.25) is 0 Å². The Balaban J connectivity index is 1.80. The van der Waals surface area contributed by atoms with Gasteiger partial charge in [0.25, 0.3) is 0 Å². The van der Waals surface area contributed by atoms with Crippen molar-refractivity contribution in [3.63, 3.8) is 0 Å². The molecule has 0 unspecified atom stereocenters. The van der Waals surface area contributed by atoms with E-state index < -0.39 is 10.0 Å². The molecular weight excluding hydrogens is 352 g/mol. The van der Waals surface area contributed by atoms with Crippen LogP contribution in [-0.2, 0) is 10.0 Å². The Morgan fingerprint density at radius 1 is 0.962 bits per heavy atom. The van der Waals surface area contributed by atoms with Crippen molar-refractivity contribution in [2.24, 2.45) is 0 Å². The Hall–Kier alpha value is -3.33. The van der Waals surface area contributed by atoms with E-state index in [1.54, 1.807) is 35.0 Å². The summed E-state index contributed by atoms with van der Waals surface area (Å²) in [5.41, 5.74) is 3.16. The smallest absolute Gasteiger partial charge is 0.229 e. The Labute approximate surface area is 149 Å². The van der Waals surface area contributed by atoms with Crippen LogP contribution in [0.25, 0.3) is 28.4 Å². The molecule has 0 spiro atoms. The van der Waals surface area contributed by atoms with E-state index in [2.05, 4.69) is 25.0 Å². The first-order valence-corrected chi connectivity index (χ1v) is 9.61. The third kappa shape index (κ3) is 3.24. The topological polar surface area (TPSA) is 102 Å². The molecule has 0 aliphatic carbocycles. The van der Waals surface area contributed by atoms with Gasteiger partial charge in [0, 0.05) is 17.4 Å². The second kappa shape index (κ2) is 6.19. The number of rotatable bonds is 4. The number of nitrogens with zero attached hydrogens (tertiary/aromatic N) is 5. The number of nitrogens with one attached hydrogen (secondary N) is 1. The van der Waals surface area contributed by atoms with Crippen molar-refractivity contribution in [1.29, 1.82) is 0 Å². The molecule has 0 saturated carbocycles. The lowest BCUT2D eigenvalue weighted by Crippen LogP contribution is -2.09. The van der Waals surface area contributed by atoms with Crippen LogP contribution in [0.5, 0.6) is 0 Å². The highest BCUT2D eigenvalue weighted by Crippen LogP contribution is 2.23. The molecule has 0 atom stereocenters. The molecule has 4 rings (SSSR count). The van der Waals surface area contributed by atoms with Crippen molar-refractivity contribution >= 4 is 21.4 Å². The summed E-state index contributed by atoms with van der Waals surface area (Å²) in [5.74, 6) is 0.535. The molecule has 0 radical (unpaired) electrons. The Morgan fingerprint density at radius 3 is 2.62 bits per heavy atom. The maximum absolute atomic E-state index is 11.4. The molecule has 0 saturated heterocycles. The summed E-state index contributed by atoms with van der Waals surface area (Å²) in [6.45, 7) is 0. The van der Waals surface area contributed by atoms with E-state index in [0.29, 0.717) is 28.5 Å². The van der Waals surface area contributed by atoms with E-state index in [0.717, 1.165) is 11.8 Å². The molecule has 0 bridgehead atoms. The average Bonchev–Trinajstić information content (AvgIpc) is 3.04. The van der Waals surface area contributed by atoms with Crippen LogP contribution in [0.15, 0.2) is 60.8 Å². The first kappa shape index (κ1) is 16.2. The van der Waals surface area contributed by atoms with Gasteiger partial charge in [-0.2, -0.15) is 9.61 Å². The maximum atomic E-state index is 11.4. The second-order valence-corrected chi connectivity index (χ2v) is 7.43. The molecule has 1 N–H and O–H groups in total. The summed E-state index contributed by atoms with van der Waals surface area (Å²) in [7, 11) is -3.35. The Kier molecular flexibility index (Phi) is 3.85. The van der Waals surface area contributed by atoms with E-state index in [1.165, 1.54) is 0 Å². The zero-order valence-electron chi connectivity index (χ0n) is 13.7. The van der Waals surface area contributed by atoms with Gasteiger partial charge < -0.3 is 0 Å². The molecule has 26 heavy (non-hydrogen) atoms. The number of hydrogen-bond acceptors (Lipinski definition) is 6. The van der Waals surface area contributed by atoms with Crippen molar-refractivity contribution < 1.29 is 8.42 Å². The molecule has 8 nitrogen and oxygen atoms in total. The first-order chi connectivity index (χ1) is 12.5. The molecule has 0 fully saturated rings. The predicted octanol–water partition coefficient (Wildman–Crippen LogP) is 2.22. The van der Waals surface area contributed by atoms with Gasteiger partial charge in [0.1, 0.15) is 5.69 Å². The molecular formula is C17H14N6O2S. The summed E-state index contributed by atoms with van der Waals surface area (Å²) in [6.07, 6.45) is 2.79. The van der Waals surface area contributed by atoms with Crippen LogP contribution >= 0.6 is 0 Å². The van der Waals surface area contributed by atoms with Gasteiger partial charge in [-0.25, -0.2) is 8.42 Å². The number of hydrogen-bond donors (Lipinski definition) is 1. The molecule has 9 heteroatoms. The third-order valence-corrected chi connectivity index (χ3v) is 4.22. The van der Waals surface area contributed by atoms with Crippen molar-refractivity contribution in [1.82, 2.24) is 24.8 Å². The van der Waals surface area contributed by atoms with E-state index in [-0.39, 0.29) is 0 Å². The van der Waals surface area contributed by atoms with Crippen molar-refractivity contribution in [2.45, 2.75) is 0 Å². The molecule has 3 heterocycles. The molecule has 0 aliphatic heterocycles. The number of sulfonamides is 1. The van der Waals surface area contributed by atoms with E-state index >= 15 is 0 Å². The fourth-order valence-electron chi connectivity index (χ4n) is 2.55. The van der Waals surface area contributed by atoms with Gasteiger partial charge in [0.2, 0.25) is 15.8 Å². The van der Waals surface area contributed by atoms with Gasteiger partial charge in [-0.1, -0.05) is 18.2 Å². The first-order valence-electron chi connectivity index (χ1n) is 7.72. The summed E-state index contributed by atoms with van der Waals surface area (Å²) in [6, 6.07) is 16.2. The lowest BCUT2D eigenvalue weighted by Gasteiger charge is -2.07. The highest BCUT2D eigenvalue weighted by Gasteiger charge is 2.12. The largest absolute Gasteiger partial charge is 0.284 e. The summed E-state index contributed by atoms with van der Waals surface area (Å²) >= 11 is 0. The zero-order chi connectivity index (χ0) is 18.1. The summed E-state index contributed by atoms with van der Waals surface area (Å²) in [5, 5.41) is 12.9. The molecule has 1 aromatic carbocycles. The van der Waals surface area contributed by atoms with Crippen molar-refractivity contribution in [2.75, 3.05) is 11.0 Å². The highest BCUT2D eigenvalue weighted by molar-refractivity contribution is 7.92. The van der Waals surface area contributed by atoms with Crippen LogP contribution < -0.4 is 4.72 Å². The van der Waals surface area contributed by atoms with E-state index in [4.69, 9.17) is 0 Å². The number of benzene rings is 1. The van der Waals surface area contributed by atoms with E-state index in [9.17, 15) is 8.42 Å². The molecule has 0 amide bonds. The minimum absolute atomic E-state index is 0.473. The summed E-state index contributed by atoms with van der Waals surface area (Å²) in [4.78, 5) is 4.29. The predicted molar refractivity (Wildman–Crippen MR) is 97.9 cm³/mol. The highest BCUT2D eigenvalue weighted by atomic mass is 32.2. The van der Waals surface area contributed by atoms with Crippen LogP contribution in [0.1, 0.15) is 0 Å². The lowest BCUT2D eigenvalue weighted by molar-refractivity contribution is 0.607. The third-order valence-electron chi connectivity index (χ3n) is 3.62. The average molecular weight is 366 g/mol. The fraction of sp³-hybridized carbons (Fsp3) is 0.0588. The SMILES string of the molecule is CS(=O)(=O)Nc1cccc(-c2ccc3nnc(-c4ccccn4)n3n2)c1. The monoisotopic (exact) mass is 366 g/mol. The van der Waals surface area contributed by atoms with Gasteiger partial charge in [-0.3, -0.25) is 9.71 Å². The molecule has 0 aliphatic rings. The van der Waals surface area contributed by atoms with Crippen molar-refractivity contribution in [3.05, 3.63) is 60.8 Å². The van der Waals surface area contributed by atoms with Gasteiger partial charge in [-0.05, 0) is 36.4 Å². The van der Waals surface area contributed by atoms with Crippen LogP contribution in [0.4, 0.5) is 5.69 Å². The van der Waals surface area contributed by atoms with E-state index in [1.807, 2.05) is 30.3 Å². The quantitative estimate of drug-likeness (QED) is 0.594. The van der Waals surface area contributed by atoms with Crippen LogP contribution in [0, 0.1) is 0 Å². The standard InChI is InChI=1S/C17H14N6O2S/c1-26(24,25)22-13-6-4-5-12(11-13)14-8-9-16-19-20-17(23(16)21-14)15-7-2-3-10-18-15/h2-11,22H,1H3. The normalized spacial score (nSPS) is 11.6. The van der Waals surface area contributed by atoms with Gasteiger partial charge >= 0.3 is 0 Å². The minimum Gasteiger partial charge on any atom is -0.284 e. The Bertz CT molecular complexity index is 1190. The number of fused-ring (bicyclic) bond motifs is 1. The summed E-state index contributed by atoms with van der Waals surface area (Å²) < 4.78 is 27.0. The van der Waals surface area contributed by atoms with Crippen molar-refractivity contribution in [3.8, 4) is 22.8 Å². The molecule has 130 valence electrons. The molecule has 3 aromatic heterocycles. The van der Waals surface area contributed by atoms with Gasteiger partial charge in [0.15, 0.2) is 5.65 Å². The fourth-order valence-corrected chi connectivity index (χ4v) is 3.11. The lowest BCUT2D eigenvalue weighted by atomic mass is 10.1. The minimum atomic E-state index is -3.35. The van der Waals surface area contributed by atoms with Crippen LogP contribution in [-0.4, -0.2) is 39.5 Å². The van der Waals surface area contributed by atoms with Gasteiger partial charge in [-0.15, -0.1) is 10.2 Å². The molecule has 4 aromatic rings. The van der Waals surface area contributed by atoms with Crippen LogP contribution in [0.3, 0.4) is 0 Å². The zero-order valence-corrected chi connectivity index (χ0v) is 14.6. The van der Waals surface area contributed by atoms with Gasteiger partial charge in [0.05, 0.1) is 11.9 Å².